The standard InChI is InChI=1S/C15H20N6O3/c1-24-3-2-20-4-10-5-21(7-15(10,6-20)14(22)23)13-11-12(17-8-16-11)18-9-19-13/h8-10H,2-7H2,1H3,(H,22,23)(H,16,17,18,19)/t10-,15-/m1/s1. The minimum absolute atomic E-state index is 0.0693. The largest absolute Gasteiger partial charge is 0.481 e. The Kier molecular flexibility index (Phi) is 3.61. The van der Waals surface area contributed by atoms with E-state index in [1.807, 2.05) is 0 Å². The topological polar surface area (TPSA) is 107 Å². The van der Waals surface area contributed by atoms with Crippen LogP contribution in [0.1, 0.15) is 0 Å². The molecule has 2 saturated heterocycles. The van der Waals surface area contributed by atoms with Crippen molar-refractivity contribution in [3.8, 4) is 0 Å². The van der Waals surface area contributed by atoms with Crippen molar-refractivity contribution in [3.63, 3.8) is 0 Å². The number of likely N-dealkylation sites (tertiary alicyclic amines) is 1. The predicted molar refractivity (Wildman–Crippen MR) is 85.8 cm³/mol. The highest BCUT2D eigenvalue weighted by Crippen LogP contribution is 2.44. The zero-order valence-corrected chi connectivity index (χ0v) is 13.5. The van der Waals surface area contributed by atoms with Crippen molar-refractivity contribution in [3.05, 3.63) is 12.7 Å². The highest BCUT2D eigenvalue weighted by atomic mass is 16.5. The van der Waals surface area contributed by atoms with Crippen LogP contribution in [-0.2, 0) is 9.53 Å². The molecule has 2 atom stereocenters. The number of imidazole rings is 1. The molecule has 2 aliphatic rings. The van der Waals surface area contributed by atoms with Gasteiger partial charge in [-0.15, -0.1) is 0 Å². The zero-order chi connectivity index (χ0) is 16.7. The Bertz CT molecular complexity index is 765. The quantitative estimate of drug-likeness (QED) is 0.776. The Morgan fingerprint density at radius 2 is 2.29 bits per heavy atom. The van der Waals surface area contributed by atoms with Gasteiger partial charge in [0.25, 0.3) is 0 Å². The summed E-state index contributed by atoms with van der Waals surface area (Å²) in [5.41, 5.74) is 0.600. The number of aliphatic carboxylic acids is 1. The van der Waals surface area contributed by atoms with Crippen LogP contribution in [0.15, 0.2) is 12.7 Å². The first-order valence-corrected chi connectivity index (χ1v) is 7.98. The Morgan fingerprint density at radius 3 is 3.04 bits per heavy atom. The molecule has 0 aliphatic carbocycles. The molecule has 24 heavy (non-hydrogen) atoms. The molecule has 0 aromatic carbocycles. The van der Waals surface area contributed by atoms with Crippen LogP contribution in [0.2, 0.25) is 0 Å². The third-order valence-electron chi connectivity index (χ3n) is 5.22. The number of hydrogen-bond donors (Lipinski definition) is 2. The minimum Gasteiger partial charge on any atom is -0.481 e. The fourth-order valence-electron chi connectivity index (χ4n) is 4.02. The van der Waals surface area contributed by atoms with E-state index in [-0.39, 0.29) is 5.92 Å². The molecule has 9 heteroatoms. The molecule has 4 heterocycles. The van der Waals surface area contributed by atoms with Crippen molar-refractivity contribution in [1.82, 2.24) is 24.8 Å². The van der Waals surface area contributed by atoms with Gasteiger partial charge in [0.05, 0.1) is 12.9 Å². The minimum atomic E-state index is -0.759. The first-order chi connectivity index (χ1) is 11.6. The Labute approximate surface area is 138 Å². The van der Waals surface area contributed by atoms with Crippen LogP contribution < -0.4 is 4.90 Å². The first kappa shape index (κ1) is 15.3. The van der Waals surface area contributed by atoms with Crippen molar-refractivity contribution in [2.24, 2.45) is 11.3 Å². The van der Waals surface area contributed by atoms with E-state index in [4.69, 9.17) is 4.74 Å². The van der Waals surface area contributed by atoms with Gasteiger partial charge >= 0.3 is 5.97 Å². The molecule has 0 radical (unpaired) electrons. The number of aromatic nitrogens is 4. The lowest BCUT2D eigenvalue weighted by Crippen LogP contribution is -2.41. The van der Waals surface area contributed by atoms with Gasteiger partial charge in [0.1, 0.15) is 17.3 Å². The molecule has 0 bridgehead atoms. The average Bonchev–Trinajstić information content (AvgIpc) is 3.24. The molecule has 2 N–H and O–H groups in total. The van der Waals surface area contributed by atoms with Gasteiger partial charge in [-0.25, -0.2) is 15.0 Å². The van der Waals surface area contributed by atoms with Crippen molar-refractivity contribution in [1.29, 1.82) is 0 Å². The molecule has 4 rings (SSSR count). The van der Waals surface area contributed by atoms with Crippen molar-refractivity contribution in [2.75, 3.05) is 51.3 Å². The number of rotatable bonds is 5. The number of hydrogen-bond acceptors (Lipinski definition) is 7. The van der Waals surface area contributed by atoms with E-state index in [2.05, 4.69) is 29.7 Å². The van der Waals surface area contributed by atoms with E-state index in [0.29, 0.717) is 31.9 Å². The number of carbonyl (C=O) groups is 1. The third kappa shape index (κ3) is 2.23. The van der Waals surface area contributed by atoms with Crippen LogP contribution in [0, 0.1) is 11.3 Å². The zero-order valence-electron chi connectivity index (χ0n) is 13.5. The van der Waals surface area contributed by atoms with Crippen molar-refractivity contribution >= 4 is 23.0 Å². The van der Waals surface area contributed by atoms with Crippen molar-refractivity contribution < 1.29 is 14.6 Å². The molecule has 0 unspecified atom stereocenters. The summed E-state index contributed by atoms with van der Waals surface area (Å²) in [6, 6.07) is 0. The summed E-state index contributed by atoms with van der Waals surface area (Å²) < 4.78 is 5.12. The maximum Gasteiger partial charge on any atom is 0.313 e. The molecule has 9 nitrogen and oxygen atoms in total. The van der Waals surface area contributed by atoms with Gasteiger partial charge in [-0.2, -0.15) is 0 Å². The smallest absolute Gasteiger partial charge is 0.313 e. The highest BCUT2D eigenvalue weighted by Gasteiger charge is 2.57. The normalized spacial score (nSPS) is 27.0. The summed E-state index contributed by atoms with van der Waals surface area (Å²) >= 11 is 0. The maximum absolute atomic E-state index is 12.1. The lowest BCUT2D eigenvalue weighted by molar-refractivity contribution is -0.148. The second-order valence-corrected chi connectivity index (χ2v) is 6.57. The predicted octanol–water partition coefficient (Wildman–Crippen LogP) is -0.178. The maximum atomic E-state index is 12.1. The Morgan fingerprint density at radius 1 is 1.42 bits per heavy atom. The van der Waals surface area contributed by atoms with Crippen LogP contribution in [-0.4, -0.2) is 82.4 Å². The van der Waals surface area contributed by atoms with Gasteiger partial charge in [-0.3, -0.25) is 9.69 Å². The number of carboxylic acid groups (broad SMARTS) is 1. The van der Waals surface area contributed by atoms with E-state index in [0.717, 1.165) is 24.4 Å². The SMILES string of the molecule is COCCN1C[C@@H]2CN(c3ncnc4nc[nH]c34)C[C@]2(C(=O)O)C1. The number of aromatic amines is 1. The summed E-state index contributed by atoms with van der Waals surface area (Å²) in [6.07, 6.45) is 3.06. The van der Waals surface area contributed by atoms with E-state index in [1.54, 1.807) is 13.4 Å². The first-order valence-electron chi connectivity index (χ1n) is 7.98. The fourth-order valence-corrected chi connectivity index (χ4v) is 4.02. The van der Waals surface area contributed by atoms with Crippen LogP contribution >= 0.6 is 0 Å². The molecular weight excluding hydrogens is 312 g/mol. The van der Waals surface area contributed by atoms with Gasteiger partial charge < -0.3 is 19.7 Å². The van der Waals surface area contributed by atoms with Crippen LogP contribution in [0.4, 0.5) is 5.82 Å². The summed E-state index contributed by atoms with van der Waals surface area (Å²) in [7, 11) is 1.66. The monoisotopic (exact) mass is 332 g/mol. The van der Waals surface area contributed by atoms with Gasteiger partial charge in [-0.1, -0.05) is 0 Å². The van der Waals surface area contributed by atoms with E-state index in [1.165, 1.54) is 6.33 Å². The highest BCUT2D eigenvalue weighted by molar-refractivity contribution is 5.84. The number of fused-ring (bicyclic) bond motifs is 2. The summed E-state index contributed by atoms with van der Waals surface area (Å²) in [5.74, 6) is 0.0700. The molecule has 2 aromatic rings. The van der Waals surface area contributed by atoms with E-state index < -0.39 is 11.4 Å². The number of ether oxygens (including phenoxy) is 1. The number of nitrogens with one attached hydrogen (secondary N) is 1. The van der Waals surface area contributed by atoms with Gasteiger partial charge in [-0.05, 0) is 0 Å². The number of H-pyrrole nitrogens is 1. The van der Waals surface area contributed by atoms with E-state index in [9.17, 15) is 9.90 Å². The summed E-state index contributed by atoms with van der Waals surface area (Å²) in [6.45, 7) is 3.81. The van der Waals surface area contributed by atoms with Crippen molar-refractivity contribution in [2.45, 2.75) is 0 Å². The second-order valence-electron chi connectivity index (χ2n) is 6.57. The summed E-state index contributed by atoms with van der Waals surface area (Å²) in [5, 5.41) is 9.92. The molecule has 2 aliphatic heterocycles. The number of carboxylic acids is 1. The molecule has 2 fully saturated rings. The van der Waals surface area contributed by atoms with E-state index >= 15 is 0 Å². The number of methoxy groups -OCH3 is 1. The molecular formula is C15H20N6O3. The molecule has 0 amide bonds. The van der Waals surface area contributed by atoms with Gasteiger partial charge in [0.2, 0.25) is 0 Å². The molecule has 2 aromatic heterocycles. The number of nitrogens with zero attached hydrogens (tertiary/aromatic N) is 5. The van der Waals surface area contributed by atoms with Crippen LogP contribution in [0.3, 0.4) is 0 Å². The Hall–Kier alpha value is -2.26. The second kappa shape index (κ2) is 5.67. The van der Waals surface area contributed by atoms with Gasteiger partial charge in [0, 0.05) is 45.8 Å². The van der Waals surface area contributed by atoms with Crippen LogP contribution in [0.25, 0.3) is 11.2 Å². The average molecular weight is 332 g/mol. The van der Waals surface area contributed by atoms with Gasteiger partial charge in [0.15, 0.2) is 11.5 Å². The molecule has 0 saturated carbocycles. The lowest BCUT2D eigenvalue weighted by atomic mass is 9.81. The summed E-state index contributed by atoms with van der Waals surface area (Å²) in [4.78, 5) is 32.0. The lowest BCUT2D eigenvalue weighted by Gasteiger charge is -2.25. The molecule has 0 spiro atoms. The fraction of sp³-hybridized carbons (Fsp3) is 0.600. The third-order valence-corrected chi connectivity index (χ3v) is 5.22. The number of anilines is 1. The van der Waals surface area contributed by atoms with Crippen LogP contribution in [0.5, 0.6) is 0 Å². The Balaban J connectivity index is 1.61. The molecule has 128 valence electrons.